The summed E-state index contributed by atoms with van der Waals surface area (Å²) in [6.45, 7) is -0.204. The fourth-order valence-electron chi connectivity index (χ4n) is 2.37. The maximum Gasteiger partial charge on any atom is 0.338 e. The lowest BCUT2D eigenvalue weighted by Gasteiger charge is -2.29. The van der Waals surface area contributed by atoms with Crippen LogP contribution in [0.4, 0.5) is 0 Å². The molecule has 0 saturated heterocycles. The third-order valence-corrected chi connectivity index (χ3v) is 5.47. The number of nitrogens with zero attached hydrogens (tertiary/aromatic N) is 1. The van der Waals surface area contributed by atoms with Gasteiger partial charge in [0.2, 0.25) is 5.09 Å². The van der Waals surface area contributed by atoms with Gasteiger partial charge in [0.1, 0.15) is 12.4 Å². The van der Waals surface area contributed by atoms with E-state index >= 15 is 0 Å². The second-order valence-electron chi connectivity index (χ2n) is 5.68. The fourth-order valence-corrected chi connectivity index (χ4v) is 3.18. The summed E-state index contributed by atoms with van der Waals surface area (Å²) >= 11 is 0. The average Bonchev–Trinajstić information content (AvgIpc) is 2.95. The van der Waals surface area contributed by atoms with Crippen LogP contribution in [0.3, 0.4) is 0 Å². The number of carbonyl (C=O) groups excluding carboxylic acids is 1. The van der Waals surface area contributed by atoms with Crippen molar-refractivity contribution in [3.8, 4) is 0 Å². The van der Waals surface area contributed by atoms with E-state index in [-0.39, 0.29) is 17.5 Å². The van der Waals surface area contributed by atoms with E-state index in [2.05, 4.69) is 0 Å². The van der Waals surface area contributed by atoms with E-state index in [1.807, 2.05) is 0 Å². The lowest BCUT2D eigenvalue weighted by Crippen LogP contribution is -2.41. The molecule has 0 bridgehead atoms. The van der Waals surface area contributed by atoms with Gasteiger partial charge in [-0.15, -0.1) is 0 Å². The second-order valence-corrected chi connectivity index (χ2v) is 7.76. The Hall–Kier alpha value is -1.38. The quantitative estimate of drug-likeness (QED) is 0.816. The van der Waals surface area contributed by atoms with Gasteiger partial charge in [0.05, 0.1) is 0 Å². The van der Waals surface area contributed by atoms with Gasteiger partial charge < -0.3 is 14.3 Å². The monoisotopic (exact) mass is 331 g/mol. The zero-order chi connectivity index (χ0) is 16.4. The Kier molecular flexibility index (Phi) is 4.93. The van der Waals surface area contributed by atoms with E-state index in [0.29, 0.717) is 12.8 Å². The standard InChI is InChI=1S/C14H21NO6S/c1-15(2)22(18,19)12-7-6-11(21-12)10-20-13(16)14(17)8-4-3-5-9-14/h6-7,17H,3-5,8-10H2,1-2H3. The van der Waals surface area contributed by atoms with Gasteiger partial charge in [-0.3, -0.25) is 0 Å². The van der Waals surface area contributed by atoms with Crippen LogP contribution in [-0.2, 0) is 26.2 Å². The summed E-state index contributed by atoms with van der Waals surface area (Å²) in [7, 11) is -0.852. The molecule has 1 heterocycles. The lowest BCUT2D eigenvalue weighted by molar-refractivity contribution is -0.170. The number of sulfonamides is 1. The first-order valence-electron chi connectivity index (χ1n) is 7.16. The summed E-state index contributed by atoms with van der Waals surface area (Å²) in [5.74, 6) is -0.464. The second kappa shape index (κ2) is 6.39. The molecule has 124 valence electrons. The van der Waals surface area contributed by atoms with Crippen molar-refractivity contribution in [2.45, 2.75) is 49.4 Å². The molecular weight excluding hydrogens is 310 g/mol. The highest BCUT2D eigenvalue weighted by molar-refractivity contribution is 7.88. The summed E-state index contributed by atoms with van der Waals surface area (Å²) in [5.41, 5.74) is -1.43. The highest BCUT2D eigenvalue weighted by atomic mass is 32.2. The number of hydrogen-bond acceptors (Lipinski definition) is 6. The molecule has 1 aliphatic rings. The molecule has 0 aromatic carbocycles. The molecule has 7 nitrogen and oxygen atoms in total. The smallest absolute Gasteiger partial charge is 0.338 e. The van der Waals surface area contributed by atoms with Gasteiger partial charge >= 0.3 is 5.97 Å². The third kappa shape index (κ3) is 3.50. The SMILES string of the molecule is CN(C)S(=O)(=O)c1ccc(COC(=O)C2(O)CCCCC2)o1. The van der Waals surface area contributed by atoms with E-state index < -0.39 is 21.6 Å². The van der Waals surface area contributed by atoms with E-state index in [1.165, 1.54) is 26.2 Å². The first-order chi connectivity index (χ1) is 10.3. The Morgan fingerprint density at radius 2 is 1.95 bits per heavy atom. The molecule has 1 aliphatic carbocycles. The molecule has 1 saturated carbocycles. The van der Waals surface area contributed by atoms with Crippen LogP contribution in [0.1, 0.15) is 37.9 Å². The number of hydrogen-bond donors (Lipinski definition) is 1. The van der Waals surface area contributed by atoms with Crippen molar-refractivity contribution in [1.82, 2.24) is 4.31 Å². The minimum absolute atomic E-state index is 0.204. The number of aliphatic hydroxyl groups is 1. The Bertz CT molecular complexity index is 628. The molecule has 2 rings (SSSR count). The van der Waals surface area contributed by atoms with Crippen molar-refractivity contribution in [1.29, 1.82) is 0 Å². The largest absolute Gasteiger partial charge is 0.455 e. The molecule has 0 amide bonds. The predicted octanol–water partition coefficient (Wildman–Crippen LogP) is 1.27. The molecule has 1 fully saturated rings. The Morgan fingerprint density at radius 1 is 1.32 bits per heavy atom. The van der Waals surface area contributed by atoms with Gasteiger partial charge in [-0.2, -0.15) is 0 Å². The van der Waals surface area contributed by atoms with Gasteiger partial charge in [-0.1, -0.05) is 6.42 Å². The van der Waals surface area contributed by atoms with Crippen LogP contribution in [-0.4, -0.2) is 43.5 Å². The zero-order valence-corrected chi connectivity index (χ0v) is 13.6. The Morgan fingerprint density at radius 3 is 2.55 bits per heavy atom. The highest BCUT2D eigenvalue weighted by Gasteiger charge is 2.38. The van der Waals surface area contributed by atoms with Crippen LogP contribution in [0.15, 0.2) is 21.6 Å². The molecule has 1 N–H and O–H groups in total. The Labute approximate surface area is 129 Å². The van der Waals surface area contributed by atoms with Gasteiger partial charge in [-0.05, 0) is 37.8 Å². The van der Waals surface area contributed by atoms with Crippen LogP contribution < -0.4 is 0 Å². The molecule has 0 aliphatic heterocycles. The fraction of sp³-hybridized carbons (Fsp3) is 0.643. The zero-order valence-electron chi connectivity index (χ0n) is 12.7. The van der Waals surface area contributed by atoms with Crippen molar-refractivity contribution >= 4 is 16.0 Å². The van der Waals surface area contributed by atoms with Crippen LogP contribution in [0.5, 0.6) is 0 Å². The molecule has 0 spiro atoms. The normalized spacial score (nSPS) is 18.4. The molecule has 8 heteroatoms. The van der Waals surface area contributed by atoms with Crippen molar-refractivity contribution in [2.24, 2.45) is 0 Å². The third-order valence-electron chi connectivity index (χ3n) is 3.78. The molecule has 1 aromatic rings. The number of ether oxygens (including phenoxy) is 1. The van der Waals surface area contributed by atoms with Crippen LogP contribution in [0, 0.1) is 0 Å². The van der Waals surface area contributed by atoms with E-state index in [0.717, 1.165) is 23.6 Å². The van der Waals surface area contributed by atoms with Crippen molar-refractivity contribution in [2.75, 3.05) is 14.1 Å². The summed E-state index contributed by atoms with van der Waals surface area (Å²) in [4.78, 5) is 12.0. The maximum absolute atomic E-state index is 12.0. The van der Waals surface area contributed by atoms with Gasteiger partial charge in [0.15, 0.2) is 5.60 Å². The predicted molar refractivity (Wildman–Crippen MR) is 77.4 cm³/mol. The number of rotatable bonds is 5. The topological polar surface area (TPSA) is 97.0 Å². The maximum atomic E-state index is 12.0. The summed E-state index contributed by atoms with van der Waals surface area (Å²) in [6, 6.07) is 2.75. The van der Waals surface area contributed by atoms with Crippen molar-refractivity contribution in [3.05, 3.63) is 17.9 Å². The van der Waals surface area contributed by atoms with E-state index in [9.17, 15) is 18.3 Å². The first-order valence-corrected chi connectivity index (χ1v) is 8.60. The minimum atomic E-state index is -3.65. The van der Waals surface area contributed by atoms with Crippen molar-refractivity contribution in [3.63, 3.8) is 0 Å². The van der Waals surface area contributed by atoms with Crippen molar-refractivity contribution < 1.29 is 27.5 Å². The lowest BCUT2D eigenvalue weighted by atomic mass is 9.85. The first kappa shape index (κ1) is 17.0. The average molecular weight is 331 g/mol. The van der Waals surface area contributed by atoms with E-state index in [1.54, 1.807) is 0 Å². The molecule has 0 radical (unpaired) electrons. The summed E-state index contributed by atoms with van der Waals surface area (Å²) in [6.07, 6.45) is 3.36. The van der Waals surface area contributed by atoms with Gasteiger partial charge in [0.25, 0.3) is 10.0 Å². The number of esters is 1. The molecular formula is C14H21NO6S. The van der Waals surface area contributed by atoms with Gasteiger partial charge in [-0.25, -0.2) is 17.5 Å². The van der Waals surface area contributed by atoms with Gasteiger partial charge in [0, 0.05) is 14.1 Å². The Balaban J connectivity index is 1.98. The molecule has 0 atom stereocenters. The summed E-state index contributed by atoms with van der Waals surface area (Å²) in [5, 5.41) is 10.0. The van der Waals surface area contributed by atoms with Crippen LogP contribution in [0.25, 0.3) is 0 Å². The number of furan rings is 1. The van der Waals surface area contributed by atoms with E-state index in [4.69, 9.17) is 9.15 Å². The van der Waals surface area contributed by atoms with Crippen LogP contribution >= 0.6 is 0 Å². The molecule has 0 unspecified atom stereocenters. The molecule has 22 heavy (non-hydrogen) atoms. The highest BCUT2D eigenvalue weighted by Crippen LogP contribution is 2.29. The number of carbonyl (C=O) groups is 1. The minimum Gasteiger partial charge on any atom is -0.455 e. The van der Waals surface area contributed by atoms with Crippen LogP contribution in [0.2, 0.25) is 0 Å². The molecule has 1 aromatic heterocycles. The summed E-state index contributed by atoms with van der Waals surface area (Å²) < 4.78 is 35.0.